The summed E-state index contributed by atoms with van der Waals surface area (Å²) in [6, 6.07) is 1.43. The zero-order valence-electron chi connectivity index (χ0n) is 8.32. The van der Waals surface area contributed by atoms with Crippen LogP contribution in [0.1, 0.15) is 15.9 Å². The summed E-state index contributed by atoms with van der Waals surface area (Å²) < 4.78 is 40.8. The van der Waals surface area contributed by atoms with E-state index in [0.717, 1.165) is 6.07 Å². The number of benzene rings is 1. The van der Waals surface area contributed by atoms with Crippen molar-refractivity contribution in [3.8, 4) is 5.75 Å². The SMILES string of the molecule is O=Cc1cc(OC(F)F)c(F)cc1CC(=O)O. The Kier molecular flexibility index (Phi) is 4.08. The lowest BCUT2D eigenvalue weighted by Gasteiger charge is -2.09. The number of hydrogen-bond donors (Lipinski definition) is 1. The van der Waals surface area contributed by atoms with Gasteiger partial charge in [0, 0.05) is 5.56 Å². The molecular formula is C10H7F3O4. The second kappa shape index (κ2) is 5.33. The molecule has 0 aliphatic rings. The molecular weight excluding hydrogens is 241 g/mol. The highest BCUT2D eigenvalue weighted by atomic mass is 19.3. The molecule has 0 fully saturated rings. The first kappa shape index (κ1) is 13.0. The van der Waals surface area contributed by atoms with E-state index in [-0.39, 0.29) is 17.4 Å². The van der Waals surface area contributed by atoms with E-state index in [1.165, 1.54) is 0 Å². The van der Waals surface area contributed by atoms with Crippen LogP contribution in [0.2, 0.25) is 0 Å². The van der Waals surface area contributed by atoms with Crippen LogP contribution in [0.4, 0.5) is 13.2 Å². The maximum Gasteiger partial charge on any atom is 0.387 e. The molecule has 7 heteroatoms. The Morgan fingerprint density at radius 3 is 2.59 bits per heavy atom. The highest BCUT2D eigenvalue weighted by molar-refractivity contribution is 5.82. The number of carboxylic acid groups (broad SMARTS) is 1. The summed E-state index contributed by atoms with van der Waals surface area (Å²) in [4.78, 5) is 21.0. The molecule has 1 aromatic rings. The van der Waals surface area contributed by atoms with Crippen molar-refractivity contribution in [1.82, 2.24) is 0 Å². The van der Waals surface area contributed by atoms with Crippen molar-refractivity contribution in [2.75, 3.05) is 0 Å². The van der Waals surface area contributed by atoms with Crippen molar-refractivity contribution in [2.24, 2.45) is 0 Å². The number of halogens is 3. The number of carbonyl (C=O) groups is 2. The molecule has 0 radical (unpaired) electrons. The van der Waals surface area contributed by atoms with Gasteiger partial charge in [-0.1, -0.05) is 0 Å². The van der Waals surface area contributed by atoms with Crippen LogP contribution in [0.3, 0.4) is 0 Å². The first-order chi connectivity index (χ1) is 7.93. The Balaban J connectivity index is 3.14. The first-order valence-corrected chi connectivity index (χ1v) is 4.38. The molecule has 0 aromatic heterocycles. The van der Waals surface area contributed by atoms with Gasteiger partial charge in [-0.25, -0.2) is 4.39 Å². The fourth-order valence-electron chi connectivity index (χ4n) is 1.22. The van der Waals surface area contributed by atoms with Crippen molar-refractivity contribution in [3.05, 3.63) is 29.1 Å². The molecule has 1 rings (SSSR count). The van der Waals surface area contributed by atoms with Gasteiger partial charge in [0.05, 0.1) is 6.42 Å². The van der Waals surface area contributed by atoms with Gasteiger partial charge in [0.1, 0.15) is 6.29 Å². The van der Waals surface area contributed by atoms with Crippen LogP contribution < -0.4 is 4.74 Å². The van der Waals surface area contributed by atoms with Crippen molar-refractivity contribution in [1.29, 1.82) is 0 Å². The number of hydrogen-bond acceptors (Lipinski definition) is 3. The predicted octanol–water partition coefficient (Wildman–Crippen LogP) is 1.87. The van der Waals surface area contributed by atoms with Crippen LogP contribution in [-0.4, -0.2) is 24.0 Å². The quantitative estimate of drug-likeness (QED) is 0.808. The van der Waals surface area contributed by atoms with Crippen LogP contribution in [-0.2, 0) is 11.2 Å². The zero-order chi connectivity index (χ0) is 13.0. The summed E-state index contributed by atoms with van der Waals surface area (Å²) in [6.45, 7) is -3.23. The number of alkyl halides is 2. The second-order valence-corrected chi connectivity index (χ2v) is 3.05. The van der Waals surface area contributed by atoms with E-state index in [9.17, 15) is 22.8 Å². The van der Waals surface area contributed by atoms with E-state index in [1.807, 2.05) is 0 Å². The third-order valence-corrected chi connectivity index (χ3v) is 1.88. The first-order valence-electron chi connectivity index (χ1n) is 4.38. The Hall–Kier alpha value is -2.05. The lowest BCUT2D eigenvalue weighted by Crippen LogP contribution is -2.08. The molecule has 0 spiro atoms. The fourth-order valence-corrected chi connectivity index (χ4v) is 1.22. The third-order valence-electron chi connectivity index (χ3n) is 1.88. The number of rotatable bonds is 5. The van der Waals surface area contributed by atoms with Gasteiger partial charge in [-0.15, -0.1) is 0 Å². The molecule has 0 saturated carbocycles. The highest BCUT2D eigenvalue weighted by Gasteiger charge is 2.15. The molecule has 0 aliphatic heterocycles. The molecule has 0 bridgehead atoms. The van der Waals surface area contributed by atoms with Crippen molar-refractivity contribution < 1.29 is 32.6 Å². The second-order valence-electron chi connectivity index (χ2n) is 3.05. The monoisotopic (exact) mass is 248 g/mol. The molecule has 17 heavy (non-hydrogen) atoms. The van der Waals surface area contributed by atoms with E-state index < -0.39 is 30.6 Å². The van der Waals surface area contributed by atoms with Gasteiger partial charge in [-0.05, 0) is 17.7 Å². The summed E-state index contributed by atoms with van der Waals surface area (Å²) in [6.07, 6.45) is -0.337. The maximum atomic E-state index is 13.2. The minimum atomic E-state index is -3.23. The van der Waals surface area contributed by atoms with Crippen molar-refractivity contribution in [3.63, 3.8) is 0 Å². The largest absolute Gasteiger partial charge is 0.481 e. The summed E-state index contributed by atoms with van der Waals surface area (Å²) in [5.41, 5.74) is -0.309. The lowest BCUT2D eigenvalue weighted by atomic mass is 10.0. The van der Waals surface area contributed by atoms with Crippen molar-refractivity contribution in [2.45, 2.75) is 13.0 Å². The average Bonchev–Trinajstić information content (AvgIpc) is 2.20. The standard InChI is InChI=1S/C10H7F3O4/c11-7-1-5(3-9(15)16)6(4-14)2-8(7)17-10(12)13/h1-2,4,10H,3H2,(H,15,16). The average molecular weight is 248 g/mol. The minimum absolute atomic E-state index is 0.105. The molecule has 92 valence electrons. The Bertz CT molecular complexity index is 445. The third kappa shape index (κ3) is 3.47. The molecule has 0 heterocycles. The summed E-state index contributed by atoms with van der Waals surface area (Å²) in [5.74, 6) is -3.21. The van der Waals surface area contributed by atoms with E-state index in [0.29, 0.717) is 6.07 Å². The van der Waals surface area contributed by atoms with Crippen LogP contribution in [0.5, 0.6) is 5.75 Å². The fraction of sp³-hybridized carbons (Fsp3) is 0.200. The van der Waals surface area contributed by atoms with Gasteiger partial charge < -0.3 is 9.84 Å². The van der Waals surface area contributed by atoms with E-state index in [4.69, 9.17) is 5.11 Å². The van der Waals surface area contributed by atoms with Gasteiger partial charge in [0.2, 0.25) is 0 Å². The van der Waals surface area contributed by atoms with Gasteiger partial charge in [0.15, 0.2) is 11.6 Å². The van der Waals surface area contributed by atoms with E-state index in [2.05, 4.69) is 4.74 Å². The number of aldehydes is 1. The van der Waals surface area contributed by atoms with Crippen LogP contribution in [0.15, 0.2) is 12.1 Å². The smallest absolute Gasteiger partial charge is 0.387 e. The Morgan fingerprint density at radius 1 is 1.47 bits per heavy atom. The highest BCUT2D eigenvalue weighted by Crippen LogP contribution is 2.23. The number of aliphatic carboxylic acids is 1. The Labute approximate surface area is 93.6 Å². The van der Waals surface area contributed by atoms with Crippen LogP contribution >= 0.6 is 0 Å². The molecule has 0 aliphatic carbocycles. The van der Waals surface area contributed by atoms with Crippen molar-refractivity contribution >= 4 is 12.3 Å². The lowest BCUT2D eigenvalue weighted by molar-refractivity contribution is -0.136. The number of carboxylic acids is 1. The molecule has 4 nitrogen and oxygen atoms in total. The van der Waals surface area contributed by atoms with Gasteiger partial charge in [0.25, 0.3) is 0 Å². The van der Waals surface area contributed by atoms with Gasteiger partial charge in [-0.3, -0.25) is 9.59 Å². The zero-order valence-corrected chi connectivity index (χ0v) is 8.32. The topological polar surface area (TPSA) is 63.6 Å². The normalized spacial score (nSPS) is 10.4. The van der Waals surface area contributed by atoms with E-state index >= 15 is 0 Å². The van der Waals surface area contributed by atoms with Gasteiger partial charge >= 0.3 is 12.6 Å². The molecule has 1 aromatic carbocycles. The molecule has 0 unspecified atom stereocenters. The molecule has 0 amide bonds. The van der Waals surface area contributed by atoms with Crippen LogP contribution in [0.25, 0.3) is 0 Å². The molecule has 0 saturated heterocycles. The number of ether oxygens (including phenoxy) is 1. The summed E-state index contributed by atoms with van der Waals surface area (Å²) >= 11 is 0. The van der Waals surface area contributed by atoms with Gasteiger partial charge in [-0.2, -0.15) is 8.78 Å². The minimum Gasteiger partial charge on any atom is -0.481 e. The summed E-state index contributed by atoms with van der Waals surface area (Å²) in [7, 11) is 0. The van der Waals surface area contributed by atoms with E-state index in [1.54, 1.807) is 0 Å². The summed E-state index contributed by atoms with van der Waals surface area (Å²) in [5, 5.41) is 8.50. The molecule has 0 atom stereocenters. The maximum absolute atomic E-state index is 13.2. The Morgan fingerprint density at radius 2 is 2.12 bits per heavy atom. The number of carbonyl (C=O) groups excluding carboxylic acids is 1. The van der Waals surface area contributed by atoms with Crippen LogP contribution in [0, 0.1) is 5.82 Å². The molecule has 1 N–H and O–H groups in total. The predicted molar refractivity (Wildman–Crippen MR) is 49.8 cm³/mol.